The number of carboxylic acid groups (broad SMARTS) is 1. The first kappa shape index (κ1) is 16.6. The van der Waals surface area contributed by atoms with Crippen molar-refractivity contribution < 1.29 is 14.6 Å². The van der Waals surface area contributed by atoms with Gasteiger partial charge in [-0.3, -0.25) is 0 Å². The molecule has 0 unspecified atom stereocenters. The molecule has 0 spiro atoms. The molecule has 6 heteroatoms. The summed E-state index contributed by atoms with van der Waals surface area (Å²) in [4.78, 5) is 20.3. The number of aromatic carboxylic acids is 1. The van der Waals surface area contributed by atoms with Crippen LogP contribution in [0.3, 0.4) is 0 Å². The minimum atomic E-state index is -0.982. The van der Waals surface area contributed by atoms with Gasteiger partial charge < -0.3 is 14.4 Å². The van der Waals surface area contributed by atoms with Gasteiger partial charge in [-0.1, -0.05) is 12.1 Å². The molecule has 1 aromatic carbocycles. The number of nitrogens with zero attached hydrogens (tertiary/aromatic N) is 3. The van der Waals surface area contributed by atoms with Gasteiger partial charge in [-0.05, 0) is 49.4 Å². The number of ether oxygens (including phenoxy) is 1. The van der Waals surface area contributed by atoms with E-state index in [0.29, 0.717) is 24.5 Å². The van der Waals surface area contributed by atoms with Crippen LogP contribution >= 0.6 is 0 Å². The van der Waals surface area contributed by atoms with E-state index in [1.807, 2.05) is 31.2 Å². The van der Waals surface area contributed by atoms with Crippen LogP contribution in [0, 0.1) is 5.92 Å². The summed E-state index contributed by atoms with van der Waals surface area (Å²) < 4.78 is 7.64. The zero-order chi connectivity index (χ0) is 18.1. The van der Waals surface area contributed by atoms with Crippen molar-refractivity contribution >= 4 is 17.1 Å². The van der Waals surface area contributed by atoms with Crippen molar-refractivity contribution in [3.63, 3.8) is 0 Å². The van der Waals surface area contributed by atoms with Crippen molar-refractivity contribution in [2.24, 2.45) is 5.92 Å². The fourth-order valence-electron chi connectivity index (χ4n) is 3.11. The highest BCUT2D eigenvalue weighted by molar-refractivity contribution is 5.90. The van der Waals surface area contributed by atoms with E-state index in [-0.39, 0.29) is 5.56 Å². The van der Waals surface area contributed by atoms with Crippen LogP contribution in [0.4, 0.5) is 0 Å². The molecule has 134 valence electrons. The predicted octanol–water partition coefficient (Wildman–Crippen LogP) is 3.53. The topological polar surface area (TPSA) is 77.2 Å². The number of fused-ring (bicyclic) bond motifs is 1. The van der Waals surface area contributed by atoms with Gasteiger partial charge in [-0.2, -0.15) is 0 Å². The fourth-order valence-corrected chi connectivity index (χ4v) is 3.11. The van der Waals surface area contributed by atoms with Gasteiger partial charge in [0.15, 0.2) is 5.65 Å². The zero-order valence-corrected chi connectivity index (χ0v) is 14.7. The maximum absolute atomic E-state index is 11.2. The zero-order valence-electron chi connectivity index (χ0n) is 14.7. The monoisotopic (exact) mass is 351 g/mol. The molecule has 0 saturated heterocycles. The van der Waals surface area contributed by atoms with E-state index >= 15 is 0 Å². The Kier molecular flexibility index (Phi) is 4.32. The Morgan fingerprint density at radius 2 is 2.08 bits per heavy atom. The average molecular weight is 351 g/mol. The number of hydrogen-bond donors (Lipinski definition) is 1. The van der Waals surface area contributed by atoms with Gasteiger partial charge in [0.1, 0.15) is 17.1 Å². The van der Waals surface area contributed by atoms with Crippen LogP contribution in [0.15, 0.2) is 36.5 Å². The number of imidazole rings is 1. The number of carbonyl (C=O) groups is 1. The van der Waals surface area contributed by atoms with Gasteiger partial charge in [0, 0.05) is 19.2 Å². The lowest BCUT2D eigenvalue weighted by Crippen LogP contribution is -2.07. The van der Waals surface area contributed by atoms with Crippen LogP contribution in [0.25, 0.3) is 11.2 Å². The summed E-state index contributed by atoms with van der Waals surface area (Å²) in [6.07, 6.45) is 4.55. The highest BCUT2D eigenvalue weighted by atomic mass is 16.5. The van der Waals surface area contributed by atoms with E-state index in [4.69, 9.17) is 9.72 Å². The van der Waals surface area contributed by atoms with E-state index in [0.717, 1.165) is 29.3 Å². The SMILES string of the molecule is CCOc1ccc(Cc2nc3cc(C(=O)O)cnc3n2CC2CC2)cc1. The lowest BCUT2D eigenvalue weighted by molar-refractivity contribution is 0.0696. The third kappa shape index (κ3) is 3.40. The lowest BCUT2D eigenvalue weighted by atomic mass is 10.1. The van der Waals surface area contributed by atoms with Gasteiger partial charge in [0.05, 0.1) is 12.2 Å². The second-order valence-corrected chi connectivity index (χ2v) is 6.71. The molecule has 0 amide bonds. The van der Waals surface area contributed by atoms with Crippen molar-refractivity contribution in [1.82, 2.24) is 14.5 Å². The molecule has 1 N–H and O–H groups in total. The molecule has 0 bridgehead atoms. The number of carboxylic acids is 1. The Morgan fingerprint density at radius 3 is 2.73 bits per heavy atom. The maximum atomic E-state index is 11.2. The normalized spacial score (nSPS) is 13.9. The molecule has 1 saturated carbocycles. The molecule has 26 heavy (non-hydrogen) atoms. The standard InChI is InChI=1S/C20H21N3O3/c1-2-26-16-7-5-13(6-8-16)9-18-22-17-10-15(20(24)25)11-21-19(17)23(18)12-14-3-4-14/h5-8,10-11,14H,2-4,9,12H2,1H3,(H,24,25). The van der Waals surface area contributed by atoms with Gasteiger partial charge in [0.25, 0.3) is 0 Å². The van der Waals surface area contributed by atoms with Crippen LogP contribution in [0.2, 0.25) is 0 Å². The molecule has 2 heterocycles. The summed E-state index contributed by atoms with van der Waals surface area (Å²) in [5.41, 5.74) is 2.72. The Hall–Kier alpha value is -2.89. The van der Waals surface area contributed by atoms with E-state index in [1.54, 1.807) is 6.07 Å². The van der Waals surface area contributed by atoms with Gasteiger partial charge >= 0.3 is 5.97 Å². The smallest absolute Gasteiger partial charge is 0.337 e. The number of aromatic nitrogens is 3. The highest BCUT2D eigenvalue weighted by Gasteiger charge is 2.25. The molecule has 1 fully saturated rings. The Labute approximate surface area is 151 Å². The molecule has 4 rings (SSSR count). The molecule has 6 nitrogen and oxygen atoms in total. The molecular weight excluding hydrogens is 330 g/mol. The average Bonchev–Trinajstić information content (AvgIpc) is 3.39. The summed E-state index contributed by atoms with van der Waals surface area (Å²) in [6.45, 7) is 3.50. The number of pyridine rings is 1. The second kappa shape index (κ2) is 6.78. The Bertz CT molecular complexity index is 943. The Balaban J connectivity index is 1.68. The van der Waals surface area contributed by atoms with Gasteiger partial charge in [-0.15, -0.1) is 0 Å². The van der Waals surface area contributed by atoms with Crippen LogP contribution in [0.1, 0.15) is 41.5 Å². The summed E-state index contributed by atoms with van der Waals surface area (Å²) in [6, 6.07) is 9.63. The molecule has 2 aromatic heterocycles. The first-order valence-corrected chi connectivity index (χ1v) is 8.94. The van der Waals surface area contributed by atoms with Crippen molar-refractivity contribution in [2.45, 2.75) is 32.7 Å². The van der Waals surface area contributed by atoms with Crippen molar-refractivity contribution in [2.75, 3.05) is 6.61 Å². The van der Waals surface area contributed by atoms with E-state index in [2.05, 4.69) is 9.55 Å². The van der Waals surface area contributed by atoms with Crippen LogP contribution in [0.5, 0.6) is 5.75 Å². The summed E-state index contributed by atoms with van der Waals surface area (Å²) in [7, 11) is 0. The lowest BCUT2D eigenvalue weighted by Gasteiger charge is -2.09. The Morgan fingerprint density at radius 1 is 1.31 bits per heavy atom. The minimum absolute atomic E-state index is 0.168. The minimum Gasteiger partial charge on any atom is -0.494 e. The molecule has 3 aromatic rings. The number of benzene rings is 1. The van der Waals surface area contributed by atoms with Crippen LogP contribution < -0.4 is 4.74 Å². The second-order valence-electron chi connectivity index (χ2n) is 6.71. The third-order valence-corrected chi connectivity index (χ3v) is 4.65. The van der Waals surface area contributed by atoms with E-state index in [1.165, 1.54) is 19.0 Å². The quantitative estimate of drug-likeness (QED) is 0.704. The van der Waals surface area contributed by atoms with Crippen molar-refractivity contribution in [1.29, 1.82) is 0 Å². The molecule has 0 atom stereocenters. The molecule has 0 radical (unpaired) electrons. The van der Waals surface area contributed by atoms with E-state index < -0.39 is 5.97 Å². The summed E-state index contributed by atoms with van der Waals surface area (Å²) in [5.74, 6) is 1.47. The first-order chi connectivity index (χ1) is 12.6. The molecule has 1 aliphatic rings. The fraction of sp³-hybridized carbons (Fsp3) is 0.350. The first-order valence-electron chi connectivity index (χ1n) is 8.94. The number of hydrogen-bond acceptors (Lipinski definition) is 4. The predicted molar refractivity (Wildman–Crippen MR) is 97.6 cm³/mol. The largest absolute Gasteiger partial charge is 0.494 e. The number of rotatable bonds is 7. The van der Waals surface area contributed by atoms with Crippen LogP contribution in [-0.4, -0.2) is 32.2 Å². The van der Waals surface area contributed by atoms with Gasteiger partial charge in [-0.25, -0.2) is 14.8 Å². The van der Waals surface area contributed by atoms with E-state index in [9.17, 15) is 9.90 Å². The van der Waals surface area contributed by atoms with Gasteiger partial charge in [0.2, 0.25) is 0 Å². The van der Waals surface area contributed by atoms with Crippen LogP contribution in [-0.2, 0) is 13.0 Å². The molecular formula is C20H21N3O3. The maximum Gasteiger partial charge on any atom is 0.337 e. The molecule has 0 aliphatic heterocycles. The van der Waals surface area contributed by atoms with Crippen molar-refractivity contribution in [3.8, 4) is 5.75 Å². The molecule has 1 aliphatic carbocycles. The summed E-state index contributed by atoms with van der Waals surface area (Å²) in [5, 5.41) is 9.19. The highest BCUT2D eigenvalue weighted by Crippen LogP contribution is 2.32. The third-order valence-electron chi connectivity index (χ3n) is 4.65. The van der Waals surface area contributed by atoms with Crippen molar-refractivity contribution in [3.05, 3.63) is 53.5 Å². The summed E-state index contributed by atoms with van der Waals surface area (Å²) >= 11 is 0.